The summed E-state index contributed by atoms with van der Waals surface area (Å²) in [5, 5.41) is 9.97. The third-order valence-electron chi connectivity index (χ3n) is 2.73. The zero-order valence-electron chi connectivity index (χ0n) is 10.1. The van der Waals surface area contributed by atoms with Gasteiger partial charge in [-0.3, -0.25) is 0 Å². The van der Waals surface area contributed by atoms with Crippen LogP contribution in [0.5, 0.6) is 0 Å². The maximum atomic E-state index is 9.97. The second-order valence-corrected chi connectivity index (χ2v) is 4.10. The number of hydrogen-bond donors (Lipinski definition) is 1. The van der Waals surface area contributed by atoms with Gasteiger partial charge >= 0.3 is 0 Å². The van der Waals surface area contributed by atoms with Gasteiger partial charge < -0.3 is 5.11 Å². The third kappa shape index (κ3) is 2.50. The van der Waals surface area contributed by atoms with Crippen LogP contribution in [0.25, 0.3) is 11.4 Å². The van der Waals surface area contributed by atoms with Crippen LogP contribution in [0.15, 0.2) is 36.7 Å². The SMILES string of the molecule is CCC(O)c1ccccc1-c1ncc(C)cn1. The van der Waals surface area contributed by atoms with Crippen LogP contribution >= 0.6 is 0 Å². The van der Waals surface area contributed by atoms with E-state index < -0.39 is 6.10 Å². The normalized spacial score (nSPS) is 12.4. The summed E-state index contributed by atoms with van der Waals surface area (Å²) in [6.07, 6.45) is 3.80. The number of hydrogen-bond acceptors (Lipinski definition) is 3. The minimum Gasteiger partial charge on any atom is -0.388 e. The molecule has 17 heavy (non-hydrogen) atoms. The lowest BCUT2D eigenvalue weighted by Gasteiger charge is -2.12. The van der Waals surface area contributed by atoms with Gasteiger partial charge in [0.15, 0.2) is 5.82 Å². The maximum Gasteiger partial charge on any atom is 0.159 e. The molecule has 3 nitrogen and oxygen atoms in total. The number of aromatic nitrogens is 2. The second kappa shape index (κ2) is 5.06. The molecule has 0 aliphatic rings. The van der Waals surface area contributed by atoms with Crippen LogP contribution in [-0.2, 0) is 0 Å². The molecule has 0 bridgehead atoms. The molecule has 0 radical (unpaired) electrons. The molecule has 0 saturated carbocycles. The van der Waals surface area contributed by atoms with E-state index in [1.807, 2.05) is 38.1 Å². The van der Waals surface area contributed by atoms with Crippen molar-refractivity contribution in [2.24, 2.45) is 0 Å². The quantitative estimate of drug-likeness (QED) is 0.878. The predicted octanol–water partition coefficient (Wildman–Crippen LogP) is 2.90. The number of nitrogens with zero attached hydrogens (tertiary/aromatic N) is 2. The van der Waals surface area contributed by atoms with Gasteiger partial charge in [0.1, 0.15) is 0 Å². The summed E-state index contributed by atoms with van der Waals surface area (Å²) in [5.74, 6) is 0.665. The molecule has 0 aliphatic carbocycles. The first kappa shape index (κ1) is 11.7. The Morgan fingerprint density at radius 2 is 1.82 bits per heavy atom. The zero-order valence-corrected chi connectivity index (χ0v) is 10.1. The highest BCUT2D eigenvalue weighted by Gasteiger charge is 2.12. The first-order chi connectivity index (χ1) is 8.22. The van der Waals surface area contributed by atoms with Crippen molar-refractivity contribution < 1.29 is 5.11 Å². The van der Waals surface area contributed by atoms with Crippen molar-refractivity contribution in [1.29, 1.82) is 0 Å². The molecule has 0 saturated heterocycles. The van der Waals surface area contributed by atoms with Gasteiger partial charge in [0, 0.05) is 18.0 Å². The van der Waals surface area contributed by atoms with Crippen molar-refractivity contribution in [1.82, 2.24) is 9.97 Å². The number of benzene rings is 1. The Labute approximate surface area is 101 Å². The summed E-state index contributed by atoms with van der Waals surface area (Å²) < 4.78 is 0. The average molecular weight is 228 g/mol. The van der Waals surface area contributed by atoms with E-state index in [0.717, 1.165) is 16.7 Å². The summed E-state index contributed by atoms with van der Waals surface area (Å²) in [6, 6.07) is 7.72. The second-order valence-electron chi connectivity index (χ2n) is 4.10. The van der Waals surface area contributed by atoms with Gasteiger partial charge in [0.25, 0.3) is 0 Å². The molecule has 2 rings (SSSR count). The molecule has 0 aliphatic heterocycles. The topological polar surface area (TPSA) is 46.0 Å². The van der Waals surface area contributed by atoms with Crippen molar-refractivity contribution in [3.8, 4) is 11.4 Å². The van der Waals surface area contributed by atoms with Crippen molar-refractivity contribution in [3.63, 3.8) is 0 Å². The van der Waals surface area contributed by atoms with E-state index in [-0.39, 0.29) is 0 Å². The molecule has 3 heteroatoms. The predicted molar refractivity (Wildman–Crippen MR) is 67.5 cm³/mol. The molecule has 88 valence electrons. The van der Waals surface area contributed by atoms with Gasteiger partial charge in [-0.05, 0) is 24.5 Å². The van der Waals surface area contributed by atoms with E-state index in [0.29, 0.717) is 12.2 Å². The van der Waals surface area contributed by atoms with E-state index in [1.54, 1.807) is 12.4 Å². The summed E-state index contributed by atoms with van der Waals surface area (Å²) in [7, 11) is 0. The van der Waals surface area contributed by atoms with Gasteiger partial charge in [-0.15, -0.1) is 0 Å². The van der Waals surface area contributed by atoms with E-state index >= 15 is 0 Å². The first-order valence-corrected chi connectivity index (χ1v) is 5.78. The Morgan fingerprint density at radius 3 is 2.47 bits per heavy atom. The molecule has 0 amide bonds. The van der Waals surface area contributed by atoms with E-state index in [4.69, 9.17) is 0 Å². The fourth-order valence-corrected chi connectivity index (χ4v) is 1.74. The van der Waals surface area contributed by atoms with Gasteiger partial charge in [0.05, 0.1) is 6.10 Å². The number of aliphatic hydroxyl groups excluding tert-OH is 1. The monoisotopic (exact) mass is 228 g/mol. The van der Waals surface area contributed by atoms with Gasteiger partial charge in [-0.1, -0.05) is 31.2 Å². The van der Waals surface area contributed by atoms with Crippen molar-refractivity contribution >= 4 is 0 Å². The first-order valence-electron chi connectivity index (χ1n) is 5.78. The number of aryl methyl sites for hydroxylation is 1. The Bertz CT molecular complexity index is 494. The Kier molecular flexibility index (Phi) is 3.49. The summed E-state index contributed by atoms with van der Waals surface area (Å²) in [4.78, 5) is 8.61. The average Bonchev–Trinajstić information content (AvgIpc) is 2.39. The van der Waals surface area contributed by atoms with Gasteiger partial charge in [-0.2, -0.15) is 0 Å². The zero-order chi connectivity index (χ0) is 12.3. The van der Waals surface area contributed by atoms with E-state index in [9.17, 15) is 5.11 Å². The molecule has 0 spiro atoms. The van der Waals surface area contributed by atoms with Crippen molar-refractivity contribution in [2.75, 3.05) is 0 Å². The molecule has 1 atom stereocenters. The Morgan fingerprint density at radius 1 is 1.18 bits per heavy atom. The fourth-order valence-electron chi connectivity index (χ4n) is 1.74. The molecular weight excluding hydrogens is 212 g/mol. The van der Waals surface area contributed by atoms with Crippen LogP contribution in [0.4, 0.5) is 0 Å². The van der Waals surface area contributed by atoms with Crippen LogP contribution in [0.3, 0.4) is 0 Å². The third-order valence-corrected chi connectivity index (χ3v) is 2.73. The van der Waals surface area contributed by atoms with Crippen LogP contribution in [0.2, 0.25) is 0 Å². The fraction of sp³-hybridized carbons (Fsp3) is 0.286. The lowest BCUT2D eigenvalue weighted by molar-refractivity contribution is 0.174. The number of rotatable bonds is 3. The highest BCUT2D eigenvalue weighted by Crippen LogP contribution is 2.27. The lowest BCUT2D eigenvalue weighted by atomic mass is 10.0. The summed E-state index contributed by atoms with van der Waals surface area (Å²) >= 11 is 0. The molecule has 1 unspecified atom stereocenters. The standard InChI is InChI=1S/C14H16N2O/c1-3-13(17)11-6-4-5-7-12(11)14-15-8-10(2)9-16-14/h4-9,13,17H,3H2,1-2H3. The Balaban J connectivity index is 2.48. The molecule has 1 aromatic heterocycles. The maximum absolute atomic E-state index is 9.97. The highest BCUT2D eigenvalue weighted by atomic mass is 16.3. The van der Waals surface area contributed by atoms with E-state index in [1.165, 1.54) is 0 Å². The molecule has 0 fully saturated rings. The molecule has 2 aromatic rings. The van der Waals surface area contributed by atoms with Crippen molar-refractivity contribution in [2.45, 2.75) is 26.4 Å². The number of aliphatic hydroxyl groups is 1. The van der Waals surface area contributed by atoms with Crippen molar-refractivity contribution in [3.05, 3.63) is 47.8 Å². The van der Waals surface area contributed by atoms with E-state index in [2.05, 4.69) is 9.97 Å². The smallest absolute Gasteiger partial charge is 0.159 e. The minimum absolute atomic E-state index is 0.462. The highest BCUT2D eigenvalue weighted by molar-refractivity contribution is 5.60. The summed E-state index contributed by atoms with van der Waals surface area (Å²) in [5.41, 5.74) is 2.82. The largest absolute Gasteiger partial charge is 0.388 e. The molecule has 1 aromatic carbocycles. The molecular formula is C14H16N2O. The molecule has 1 N–H and O–H groups in total. The van der Waals surface area contributed by atoms with Crippen LogP contribution < -0.4 is 0 Å². The van der Waals surface area contributed by atoms with Crippen LogP contribution in [-0.4, -0.2) is 15.1 Å². The van der Waals surface area contributed by atoms with Crippen LogP contribution in [0, 0.1) is 6.92 Å². The molecule has 1 heterocycles. The lowest BCUT2D eigenvalue weighted by Crippen LogP contribution is -2.00. The van der Waals surface area contributed by atoms with Gasteiger partial charge in [-0.25, -0.2) is 9.97 Å². The minimum atomic E-state index is -0.462. The summed E-state index contributed by atoms with van der Waals surface area (Å²) in [6.45, 7) is 3.91. The van der Waals surface area contributed by atoms with Gasteiger partial charge in [0.2, 0.25) is 0 Å². The Hall–Kier alpha value is -1.74. The van der Waals surface area contributed by atoms with Crippen LogP contribution in [0.1, 0.15) is 30.6 Å².